The van der Waals surface area contributed by atoms with E-state index in [1.165, 1.54) is 0 Å². The number of ether oxygens (including phenoxy) is 1. The van der Waals surface area contributed by atoms with Gasteiger partial charge >= 0.3 is 12.1 Å². The van der Waals surface area contributed by atoms with Crippen LogP contribution in [0.2, 0.25) is 0 Å². The average molecular weight is 327 g/mol. The zero-order valence-electron chi connectivity index (χ0n) is 15.2. The second-order valence-corrected chi connectivity index (χ2v) is 7.95. The van der Waals surface area contributed by atoms with Crippen molar-refractivity contribution in [1.29, 1.82) is 0 Å². The predicted molar refractivity (Wildman–Crippen MR) is 90.5 cm³/mol. The largest absolute Gasteiger partial charge is 0.481 e. The van der Waals surface area contributed by atoms with Crippen molar-refractivity contribution in [2.45, 2.75) is 84.7 Å². The molecule has 0 aromatic heterocycles. The number of nitrogens with zero attached hydrogens (tertiary/aromatic N) is 1. The fourth-order valence-corrected chi connectivity index (χ4v) is 2.87. The standard InChI is InChI=1S/C18H33NO4/c1-17(2,3)23-16(22)19-13-10-8-6-5-7-9-11-18(4,12-14-19)15(20)21/h5-14H2,1-4H3,(H,20,21). The van der Waals surface area contributed by atoms with E-state index < -0.39 is 17.0 Å². The van der Waals surface area contributed by atoms with Gasteiger partial charge in [-0.1, -0.05) is 32.1 Å². The highest BCUT2D eigenvalue weighted by atomic mass is 16.6. The molecule has 1 amide bonds. The van der Waals surface area contributed by atoms with Gasteiger partial charge in [0.1, 0.15) is 5.60 Å². The Hall–Kier alpha value is -1.26. The quantitative estimate of drug-likeness (QED) is 0.772. The summed E-state index contributed by atoms with van der Waals surface area (Å²) in [4.78, 5) is 25.7. The highest BCUT2D eigenvalue weighted by Crippen LogP contribution is 2.30. The average Bonchev–Trinajstić information content (AvgIpc) is 2.40. The van der Waals surface area contributed by atoms with Crippen LogP contribution in [0.3, 0.4) is 0 Å². The van der Waals surface area contributed by atoms with Gasteiger partial charge in [-0.25, -0.2) is 4.79 Å². The van der Waals surface area contributed by atoms with Gasteiger partial charge in [0.05, 0.1) is 5.41 Å². The number of carbonyl (C=O) groups is 2. The van der Waals surface area contributed by atoms with E-state index in [9.17, 15) is 14.7 Å². The van der Waals surface area contributed by atoms with Crippen molar-refractivity contribution in [2.75, 3.05) is 13.1 Å². The Balaban J connectivity index is 2.78. The van der Waals surface area contributed by atoms with E-state index in [4.69, 9.17) is 4.74 Å². The third-order valence-corrected chi connectivity index (χ3v) is 4.51. The Morgan fingerprint density at radius 1 is 0.957 bits per heavy atom. The van der Waals surface area contributed by atoms with Crippen molar-refractivity contribution in [3.05, 3.63) is 0 Å². The van der Waals surface area contributed by atoms with Crippen LogP contribution < -0.4 is 0 Å². The van der Waals surface area contributed by atoms with Crippen LogP contribution in [0.15, 0.2) is 0 Å². The number of carboxylic acid groups (broad SMARTS) is 1. The molecule has 1 saturated heterocycles. The van der Waals surface area contributed by atoms with Gasteiger partial charge in [0.2, 0.25) is 0 Å². The molecule has 134 valence electrons. The van der Waals surface area contributed by atoms with Crippen LogP contribution in [0, 0.1) is 5.41 Å². The van der Waals surface area contributed by atoms with Gasteiger partial charge in [-0.2, -0.15) is 0 Å². The van der Waals surface area contributed by atoms with Gasteiger partial charge in [-0.3, -0.25) is 4.79 Å². The van der Waals surface area contributed by atoms with Crippen LogP contribution in [0.25, 0.3) is 0 Å². The predicted octanol–water partition coefficient (Wildman–Crippen LogP) is 4.45. The zero-order chi connectivity index (χ0) is 17.5. The molecule has 0 saturated carbocycles. The first-order valence-electron chi connectivity index (χ1n) is 8.85. The molecule has 1 aliphatic heterocycles. The summed E-state index contributed by atoms with van der Waals surface area (Å²) in [5.74, 6) is -0.765. The van der Waals surface area contributed by atoms with E-state index in [-0.39, 0.29) is 6.09 Å². The maximum Gasteiger partial charge on any atom is 0.410 e. The third-order valence-electron chi connectivity index (χ3n) is 4.51. The number of rotatable bonds is 1. The van der Waals surface area contributed by atoms with Gasteiger partial charge in [0.15, 0.2) is 0 Å². The fourth-order valence-electron chi connectivity index (χ4n) is 2.87. The Morgan fingerprint density at radius 2 is 1.52 bits per heavy atom. The second-order valence-electron chi connectivity index (χ2n) is 7.95. The monoisotopic (exact) mass is 327 g/mol. The Labute approximate surface area is 140 Å². The molecule has 0 aromatic rings. The maximum absolute atomic E-state index is 12.4. The van der Waals surface area contributed by atoms with Gasteiger partial charge < -0.3 is 14.7 Å². The molecular weight excluding hydrogens is 294 g/mol. The molecule has 5 nitrogen and oxygen atoms in total. The highest BCUT2D eigenvalue weighted by Gasteiger charge is 2.34. The third kappa shape index (κ3) is 7.23. The van der Waals surface area contributed by atoms with E-state index in [2.05, 4.69) is 0 Å². The normalized spacial score (nSPS) is 25.1. The molecule has 0 bridgehead atoms. The molecule has 0 spiro atoms. The van der Waals surface area contributed by atoms with Crippen molar-refractivity contribution >= 4 is 12.1 Å². The molecule has 0 aromatic carbocycles. The van der Waals surface area contributed by atoms with E-state index in [0.717, 1.165) is 38.5 Å². The van der Waals surface area contributed by atoms with Crippen molar-refractivity contribution in [2.24, 2.45) is 5.41 Å². The molecule has 1 rings (SSSR count). The summed E-state index contributed by atoms with van der Waals surface area (Å²) in [5.41, 5.74) is -1.30. The second kappa shape index (κ2) is 8.55. The molecular formula is C18H33NO4. The Bertz CT molecular complexity index is 402. The van der Waals surface area contributed by atoms with Crippen molar-refractivity contribution in [1.82, 2.24) is 4.90 Å². The zero-order valence-corrected chi connectivity index (χ0v) is 15.2. The molecule has 0 aliphatic carbocycles. The van der Waals surface area contributed by atoms with Crippen LogP contribution in [0.4, 0.5) is 4.79 Å². The number of carbonyl (C=O) groups excluding carboxylic acids is 1. The Morgan fingerprint density at radius 3 is 2.09 bits per heavy atom. The summed E-state index contributed by atoms with van der Waals surface area (Å²) in [6.45, 7) is 8.44. The van der Waals surface area contributed by atoms with Crippen molar-refractivity contribution < 1.29 is 19.4 Å². The van der Waals surface area contributed by atoms with Gasteiger partial charge in [-0.15, -0.1) is 0 Å². The maximum atomic E-state index is 12.4. The van der Waals surface area contributed by atoms with E-state index in [0.29, 0.717) is 25.9 Å². The first-order valence-corrected chi connectivity index (χ1v) is 8.85. The first kappa shape index (κ1) is 19.8. The molecule has 1 unspecified atom stereocenters. The molecule has 5 heteroatoms. The lowest BCUT2D eigenvalue weighted by Crippen LogP contribution is -2.41. The minimum absolute atomic E-state index is 0.331. The Kier molecular flexibility index (Phi) is 7.36. The van der Waals surface area contributed by atoms with Crippen LogP contribution in [-0.2, 0) is 9.53 Å². The summed E-state index contributed by atoms with van der Waals surface area (Å²) >= 11 is 0. The SMILES string of the molecule is CC(C)(C)OC(=O)N1CCCCCCCCC(C)(C(=O)O)CC1. The summed E-state index contributed by atoms with van der Waals surface area (Å²) in [5, 5.41) is 9.58. The summed E-state index contributed by atoms with van der Waals surface area (Å²) in [7, 11) is 0. The lowest BCUT2D eigenvalue weighted by Gasteiger charge is -2.31. The van der Waals surface area contributed by atoms with Gasteiger partial charge in [0, 0.05) is 13.1 Å². The molecule has 0 radical (unpaired) electrons. The molecule has 1 fully saturated rings. The van der Waals surface area contributed by atoms with Crippen LogP contribution in [0.1, 0.15) is 79.1 Å². The number of aliphatic carboxylic acids is 1. The minimum atomic E-state index is -0.765. The topological polar surface area (TPSA) is 66.8 Å². The van der Waals surface area contributed by atoms with Crippen molar-refractivity contribution in [3.63, 3.8) is 0 Å². The van der Waals surface area contributed by atoms with E-state index in [1.807, 2.05) is 20.8 Å². The first-order chi connectivity index (χ1) is 10.6. The molecule has 1 N–H and O–H groups in total. The smallest absolute Gasteiger partial charge is 0.410 e. The van der Waals surface area contributed by atoms with Gasteiger partial charge in [0.25, 0.3) is 0 Å². The van der Waals surface area contributed by atoms with E-state index in [1.54, 1.807) is 11.8 Å². The number of hydrogen-bond acceptors (Lipinski definition) is 3. The fraction of sp³-hybridized carbons (Fsp3) is 0.889. The summed E-state index contributed by atoms with van der Waals surface area (Å²) in [6, 6.07) is 0. The number of hydrogen-bond donors (Lipinski definition) is 1. The highest BCUT2D eigenvalue weighted by molar-refractivity contribution is 5.74. The number of carboxylic acids is 1. The lowest BCUT2D eigenvalue weighted by molar-refractivity contribution is -0.149. The minimum Gasteiger partial charge on any atom is -0.481 e. The van der Waals surface area contributed by atoms with Crippen LogP contribution in [0.5, 0.6) is 0 Å². The number of amides is 1. The van der Waals surface area contributed by atoms with E-state index >= 15 is 0 Å². The molecule has 1 heterocycles. The van der Waals surface area contributed by atoms with Crippen LogP contribution in [-0.4, -0.2) is 40.8 Å². The summed E-state index contributed by atoms with van der Waals surface area (Å²) in [6.07, 6.45) is 7.19. The molecule has 1 atom stereocenters. The van der Waals surface area contributed by atoms with Gasteiger partial charge in [-0.05, 0) is 47.0 Å². The molecule has 1 aliphatic rings. The van der Waals surface area contributed by atoms with Crippen molar-refractivity contribution in [3.8, 4) is 0 Å². The van der Waals surface area contributed by atoms with Crippen LogP contribution >= 0.6 is 0 Å². The summed E-state index contributed by atoms with van der Waals surface area (Å²) < 4.78 is 5.47. The molecule has 23 heavy (non-hydrogen) atoms. The lowest BCUT2D eigenvalue weighted by atomic mass is 9.81.